The van der Waals surface area contributed by atoms with Gasteiger partial charge in [0.2, 0.25) is 0 Å². The summed E-state index contributed by atoms with van der Waals surface area (Å²) in [5, 5.41) is 13.6. The third-order valence-corrected chi connectivity index (χ3v) is 5.56. The lowest BCUT2D eigenvalue weighted by Gasteiger charge is -2.11. The predicted octanol–water partition coefficient (Wildman–Crippen LogP) is 5.68. The van der Waals surface area contributed by atoms with Gasteiger partial charge in [-0.25, -0.2) is 18.6 Å². The van der Waals surface area contributed by atoms with Crippen LogP contribution in [0, 0.1) is 11.6 Å². The summed E-state index contributed by atoms with van der Waals surface area (Å²) in [6.07, 6.45) is 5.77. The average molecular weight is 419 g/mol. The number of benzene rings is 2. The van der Waals surface area contributed by atoms with Gasteiger partial charge in [-0.15, -0.1) is 0 Å². The molecule has 4 aromatic rings. The van der Waals surface area contributed by atoms with Crippen molar-refractivity contribution in [1.82, 2.24) is 9.55 Å². The molecule has 0 aliphatic heterocycles. The van der Waals surface area contributed by atoms with Crippen molar-refractivity contribution in [3.05, 3.63) is 89.2 Å². The average Bonchev–Trinajstić information content (AvgIpc) is 3.53. The van der Waals surface area contributed by atoms with Gasteiger partial charge in [0.15, 0.2) is 11.6 Å². The van der Waals surface area contributed by atoms with Gasteiger partial charge in [-0.05, 0) is 72.4 Å². The van der Waals surface area contributed by atoms with Crippen LogP contribution in [0.15, 0.2) is 60.9 Å². The second-order valence-electron chi connectivity index (χ2n) is 7.83. The molecule has 0 radical (unpaired) electrons. The molecule has 0 bridgehead atoms. The zero-order chi connectivity index (χ0) is 21.5. The standard InChI is InChI=1S/C24H19F2N3O2/c25-20-5-1-14(9-21(20)26)13-29-8-7-16-10-18(4-6-22(16)29)28-23-19(24(30)31)11-17(12-27-23)15-2-3-15/h1,4-12,15H,2-3,13H2,(H,27,28)(H,30,31). The molecule has 0 unspecified atom stereocenters. The molecule has 1 fully saturated rings. The Bertz CT molecular complexity index is 1310. The number of carbonyl (C=O) groups is 1. The number of pyridine rings is 1. The van der Waals surface area contributed by atoms with Crippen molar-refractivity contribution in [2.24, 2.45) is 0 Å². The Morgan fingerprint density at radius 3 is 2.68 bits per heavy atom. The van der Waals surface area contributed by atoms with Crippen molar-refractivity contribution in [2.45, 2.75) is 25.3 Å². The number of fused-ring (bicyclic) bond motifs is 1. The van der Waals surface area contributed by atoms with E-state index in [2.05, 4.69) is 10.3 Å². The highest BCUT2D eigenvalue weighted by Crippen LogP contribution is 2.40. The van der Waals surface area contributed by atoms with Gasteiger partial charge in [0.05, 0.1) is 0 Å². The van der Waals surface area contributed by atoms with Gasteiger partial charge in [0, 0.05) is 35.5 Å². The number of rotatable bonds is 6. The fourth-order valence-electron chi connectivity index (χ4n) is 3.77. The van der Waals surface area contributed by atoms with Gasteiger partial charge < -0.3 is 15.0 Å². The smallest absolute Gasteiger partial charge is 0.339 e. The van der Waals surface area contributed by atoms with E-state index in [9.17, 15) is 18.7 Å². The van der Waals surface area contributed by atoms with Crippen LogP contribution in [0.3, 0.4) is 0 Å². The summed E-state index contributed by atoms with van der Waals surface area (Å²) in [7, 11) is 0. The largest absolute Gasteiger partial charge is 0.478 e. The molecule has 2 N–H and O–H groups in total. The summed E-state index contributed by atoms with van der Waals surface area (Å²) in [6.45, 7) is 0.404. The number of aromatic carboxylic acids is 1. The third kappa shape index (κ3) is 3.86. The Morgan fingerprint density at radius 2 is 1.94 bits per heavy atom. The second kappa shape index (κ2) is 7.50. The molecule has 5 nitrogen and oxygen atoms in total. The monoisotopic (exact) mass is 419 g/mol. The Hall–Kier alpha value is -3.74. The van der Waals surface area contributed by atoms with E-state index in [-0.39, 0.29) is 5.56 Å². The number of aromatic nitrogens is 2. The molecule has 0 amide bonds. The quantitative estimate of drug-likeness (QED) is 0.422. The molecule has 0 saturated heterocycles. The maximum atomic E-state index is 13.5. The minimum absolute atomic E-state index is 0.153. The molecule has 0 spiro atoms. The number of halogens is 2. The summed E-state index contributed by atoms with van der Waals surface area (Å²) < 4.78 is 28.6. The molecular weight excluding hydrogens is 400 g/mol. The zero-order valence-electron chi connectivity index (χ0n) is 16.5. The fourth-order valence-corrected chi connectivity index (χ4v) is 3.77. The molecule has 1 aliphatic rings. The Morgan fingerprint density at radius 1 is 1.10 bits per heavy atom. The Kier molecular flexibility index (Phi) is 4.66. The molecular formula is C24H19F2N3O2. The normalized spacial score (nSPS) is 13.5. The third-order valence-electron chi connectivity index (χ3n) is 5.56. The summed E-state index contributed by atoms with van der Waals surface area (Å²) in [4.78, 5) is 16.1. The molecule has 156 valence electrons. The van der Waals surface area contributed by atoms with E-state index in [1.165, 1.54) is 6.07 Å². The van der Waals surface area contributed by atoms with Gasteiger partial charge in [-0.1, -0.05) is 6.07 Å². The highest BCUT2D eigenvalue weighted by molar-refractivity contribution is 5.94. The van der Waals surface area contributed by atoms with Crippen LogP contribution in [0.2, 0.25) is 0 Å². The van der Waals surface area contributed by atoms with Crippen LogP contribution < -0.4 is 5.32 Å². The SMILES string of the molecule is O=C(O)c1cc(C2CC2)cnc1Nc1ccc2c(ccn2Cc2ccc(F)c(F)c2)c1. The van der Waals surface area contributed by atoms with Crippen molar-refractivity contribution >= 4 is 28.4 Å². The predicted molar refractivity (Wildman–Crippen MR) is 114 cm³/mol. The molecule has 31 heavy (non-hydrogen) atoms. The molecule has 1 aliphatic carbocycles. The maximum absolute atomic E-state index is 13.5. The van der Waals surface area contributed by atoms with Gasteiger partial charge in [-0.3, -0.25) is 0 Å². The minimum Gasteiger partial charge on any atom is -0.478 e. The molecule has 2 aromatic carbocycles. The first-order valence-corrected chi connectivity index (χ1v) is 10.0. The first kappa shape index (κ1) is 19.2. The van der Waals surface area contributed by atoms with E-state index in [1.807, 2.05) is 35.0 Å². The van der Waals surface area contributed by atoms with E-state index in [0.29, 0.717) is 29.5 Å². The van der Waals surface area contributed by atoms with Crippen molar-refractivity contribution in [3.8, 4) is 0 Å². The van der Waals surface area contributed by atoms with Crippen LogP contribution in [-0.2, 0) is 6.54 Å². The van der Waals surface area contributed by atoms with Crippen LogP contribution in [0.4, 0.5) is 20.3 Å². The number of hydrogen-bond donors (Lipinski definition) is 2. The first-order chi connectivity index (χ1) is 15.0. The van der Waals surface area contributed by atoms with E-state index < -0.39 is 17.6 Å². The van der Waals surface area contributed by atoms with Crippen LogP contribution >= 0.6 is 0 Å². The Balaban J connectivity index is 1.41. The summed E-state index contributed by atoms with van der Waals surface area (Å²) in [6, 6.07) is 13.1. The first-order valence-electron chi connectivity index (χ1n) is 10.0. The minimum atomic E-state index is -1.02. The number of nitrogens with zero attached hydrogens (tertiary/aromatic N) is 2. The summed E-state index contributed by atoms with van der Waals surface area (Å²) in [5.41, 5.74) is 3.41. The molecule has 7 heteroatoms. The second-order valence-corrected chi connectivity index (χ2v) is 7.83. The van der Waals surface area contributed by atoms with E-state index >= 15 is 0 Å². The summed E-state index contributed by atoms with van der Waals surface area (Å²) in [5.74, 6) is -2.02. The number of carboxylic acid groups (broad SMARTS) is 1. The zero-order valence-corrected chi connectivity index (χ0v) is 16.5. The van der Waals surface area contributed by atoms with Gasteiger partial charge in [0.1, 0.15) is 11.4 Å². The van der Waals surface area contributed by atoms with Crippen LogP contribution in [-0.4, -0.2) is 20.6 Å². The maximum Gasteiger partial charge on any atom is 0.339 e. The lowest BCUT2D eigenvalue weighted by atomic mass is 10.1. The van der Waals surface area contributed by atoms with Crippen molar-refractivity contribution < 1.29 is 18.7 Å². The molecule has 2 aromatic heterocycles. The number of nitrogens with one attached hydrogen (secondary N) is 1. The summed E-state index contributed by atoms with van der Waals surface area (Å²) >= 11 is 0. The van der Waals surface area contributed by atoms with Crippen molar-refractivity contribution in [1.29, 1.82) is 0 Å². The Labute approximate surface area is 177 Å². The number of carboxylic acids is 1. The van der Waals surface area contributed by atoms with Gasteiger partial charge >= 0.3 is 5.97 Å². The van der Waals surface area contributed by atoms with Crippen LogP contribution in [0.5, 0.6) is 0 Å². The molecule has 1 saturated carbocycles. The van der Waals surface area contributed by atoms with Crippen LogP contribution in [0.25, 0.3) is 10.9 Å². The lowest BCUT2D eigenvalue weighted by molar-refractivity contribution is 0.0697. The lowest BCUT2D eigenvalue weighted by Crippen LogP contribution is -2.06. The van der Waals surface area contributed by atoms with Gasteiger partial charge in [-0.2, -0.15) is 0 Å². The van der Waals surface area contributed by atoms with E-state index in [1.54, 1.807) is 18.3 Å². The highest BCUT2D eigenvalue weighted by atomic mass is 19.2. The van der Waals surface area contributed by atoms with Crippen LogP contribution in [0.1, 0.15) is 40.2 Å². The topological polar surface area (TPSA) is 67.2 Å². The molecule has 2 heterocycles. The van der Waals surface area contributed by atoms with Crippen molar-refractivity contribution in [3.63, 3.8) is 0 Å². The van der Waals surface area contributed by atoms with E-state index in [4.69, 9.17) is 0 Å². The van der Waals surface area contributed by atoms with E-state index in [0.717, 1.165) is 35.4 Å². The highest BCUT2D eigenvalue weighted by Gasteiger charge is 2.26. The molecule has 5 rings (SSSR count). The van der Waals surface area contributed by atoms with Crippen molar-refractivity contribution in [2.75, 3.05) is 5.32 Å². The number of anilines is 2. The fraction of sp³-hybridized carbons (Fsp3) is 0.167. The number of hydrogen-bond acceptors (Lipinski definition) is 3. The van der Waals surface area contributed by atoms with Gasteiger partial charge in [0.25, 0.3) is 0 Å². The molecule has 0 atom stereocenters.